The van der Waals surface area contributed by atoms with Crippen molar-refractivity contribution in [1.29, 1.82) is 0 Å². The number of rotatable bonds is 5. The molecule has 0 aliphatic carbocycles. The molecule has 1 aromatic heterocycles. The normalized spacial score (nSPS) is 11.1. The second-order valence-electron chi connectivity index (χ2n) is 4.12. The molecule has 1 N–H and O–H groups in total. The Morgan fingerprint density at radius 3 is 2.95 bits per heavy atom. The first-order chi connectivity index (χ1) is 9.61. The number of phenols is 1. The molecule has 1 aromatic carbocycles. The average molecular weight is 337 g/mol. The molecule has 0 spiro atoms. The summed E-state index contributed by atoms with van der Waals surface area (Å²) in [4.78, 5) is 12.2. The van der Waals surface area contributed by atoms with Crippen LogP contribution < -0.4 is 0 Å². The van der Waals surface area contributed by atoms with Crippen LogP contribution in [0.3, 0.4) is 0 Å². The third-order valence-corrected chi connectivity index (χ3v) is 3.47. The summed E-state index contributed by atoms with van der Waals surface area (Å²) in [6, 6.07) is 6.73. The van der Waals surface area contributed by atoms with Crippen molar-refractivity contribution >= 4 is 27.8 Å². The smallest absolute Gasteiger partial charge is 0.187 e. The Morgan fingerprint density at radius 1 is 1.50 bits per heavy atom. The predicted molar refractivity (Wildman–Crippen MR) is 78.6 cm³/mol. The van der Waals surface area contributed by atoms with Crippen LogP contribution in [0.5, 0.6) is 5.75 Å². The Hall–Kier alpha value is -1.85. The molecule has 0 saturated carbocycles. The first-order valence-electron chi connectivity index (χ1n) is 5.88. The van der Waals surface area contributed by atoms with E-state index in [9.17, 15) is 9.90 Å². The van der Waals surface area contributed by atoms with Crippen molar-refractivity contribution < 1.29 is 19.1 Å². The van der Waals surface area contributed by atoms with E-state index in [0.717, 1.165) is 5.56 Å². The molecule has 0 amide bonds. The van der Waals surface area contributed by atoms with Crippen LogP contribution in [-0.2, 0) is 11.3 Å². The predicted octanol–water partition coefficient (Wildman–Crippen LogP) is 3.79. The maximum Gasteiger partial charge on any atom is 0.187 e. The molecule has 4 nitrogen and oxygen atoms in total. The molecule has 0 bridgehead atoms. The quantitative estimate of drug-likeness (QED) is 0.666. The lowest BCUT2D eigenvalue weighted by Gasteiger charge is -2.07. The number of ether oxygens (including phenoxy) is 1. The summed E-state index contributed by atoms with van der Waals surface area (Å²) in [6.45, 7) is 0.322. The maximum absolute atomic E-state index is 12.2. The lowest BCUT2D eigenvalue weighted by molar-refractivity contribution is 0.104. The molecule has 5 heteroatoms. The summed E-state index contributed by atoms with van der Waals surface area (Å²) in [5, 5.41) is 9.81. The summed E-state index contributed by atoms with van der Waals surface area (Å²) < 4.78 is 10.5. The number of aromatic hydroxyl groups is 1. The summed E-state index contributed by atoms with van der Waals surface area (Å²) in [7, 11) is 1.55. The largest absolute Gasteiger partial charge is 0.507 e. The second kappa shape index (κ2) is 6.54. The zero-order valence-electron chi connectivity index (χ0n) is 10.8. The highest BCUT2D eigenvalue weighted by Gasteiger charge is 2.13. The van der Waals surface area contributed by atoms with Gasteiger partial charge < -0.3 is 14.3 Å². The van der Waals surface area contributed by atoms with Gasteiger partial charge in [-0.2, -0.15) is 0 Å². The zero-order chi connectivity index (χ0) is 14.5. The van der Waals surface area contributed by atoms with E-state index in [1.165, 1.54) is 12.3 Å². The van der Waals surface area contributed by atoms with E-state index in [0.29, 0.717) is 22.4 Å². The number of methoxy groups -OCH3 is 1. The van der Waals surface area contributed by atoms with Crippen molar-refractivity contribution in [2.24, 2.45) is 0 Å². The molecule has 0 aliphatic rings. The minimum absolute atomic E-state index is 0.00861. The summed E-state index contributed by atoms with van der Waals surface area (Å²) in [5.41, 5.74) is 1.10. The third-order valence-electron chi connectivity index (χ3n) is 2.63. The Morgan fingerprint density at radius 2 is 2.30 bits per heavy atom. The minimum atomic E-state index is -0.235. The number of ketones is 1. The monoisotopic (exact) mass is 336 g/mol. The van der Waals surface area contributed by atoms with Crippen LogP contribution in [0.2, 0.25) is 0 Å². The van der Waals surface area contributed by atoms with Crippen LogP contribution in [-0.4, -0.2) is 18.0 Å². The molecule has 2 aromatic rings. The average Bonchev–Trinajstić information content (AvgIpc) is 2.93. The number of phenolic OH excluding ortho intramolecular Hbond substituents is 1. The van der Waals surface area contributed by atoms with Gasteiger partial charge in [-0.3, -0.25) is 4.79 Å². The van der Waals surface area contributed by atoms with Crippen molar-refractivity contribution in [1.82, 2.24) is 0 Å². The van der Waals surface area contributed by atoms with E-state index >= 15 is 0 Å². The molecule has 2 rings (SSSR count). The van der Waals surface area contributed by atoms with E-state index in [2.05, 4.69) is 15.9 Å². The molecular weight excluding hydrogens is 324 g/mol. The lowest BCUT2D eigenvalue weighted by Crippen LogP contribution is -1.99. The molecule has 0 atom stereocenters. The van der Waals surface area contributed by atoms with Crippen molar-refractivity contribution in [3.63, 3.8) is 0 Å². The highest BCUT2D eigenvalue weighted by molar-refractivity contribution is 9.10. The molecule has 20 heavy (non-hydrogen) atoms. The molecule has 0 fully saturated rings. The van der Waals surface area contributed by atoms with Gasteiger partial charge in [-0.25, -0.2) is 0 Å². The van der Waals surface area contributed by atoms with E-state index in [1.54, 1.807) is 37.5 Å². The number of furan rings is 1. The van der Waals surface area contributed by atoms with Crippen molar-refractivity contribution in [2.45, 2.75) is 6.61 Å². The molecule has 0 aliphatic heterocycles. The van der Waals surface area contributed by atoms with Crippen molar-refractivity contribution in [3.05, 3.63) is 58.0 Å². The number of hydrogen-bond acceptors (Lipinski definition) is 4. The summed E-state index contributed by atoms with van der Waals surface area (Å²) >= 11 is 3.22. The van der Waals surface area contributed by atoms with Gasteiger partial charge in [0.25, 0.3) is 0 Å². The molecule has 0 unspecified atom stereocenters. The van der Waals surface area contributed by atoms with Crippen LogP contribution in [0, 0.1) is 0 Å². The Bertz CT molecular complexity index is 630. The van der Waals surface area contributed by atoms with Crippen LogP contribution in [0.25, 0.3) is 6.08 Å². The fraction of sp³-hybridized carbons (Fsp3) is 0.133. The Balaban J connectivity index is 2.29. The molecule has 1 heterocycles. The Kier molecular flexibility index (Phi) is 4.76. The van der Waals surface area contributed by atoms with Crippen LogP contribution in [0.15, 0.2) is 45.5 Å². The van der Waals surface area contributed by atoms with Gasteiger partial charge in [0.05, 0.1) is 17.3 Å². The minimum Gasteiger partial charge on any atom is -0.507 e. The lowest BCUT2D eigenvalue weighted by atomic mass is 10.1. The summed E-state index contributed by atoms with van der Waals surface area (Å²) in [5.74, 6) is 0.363. The van der Waals surface area contributed by atoms with Gasteiger partial charge >= 0.3 is 0 Å². The van der Waals surface area contributed by atoms with Crippen LogP contribution in [0.4, 0.5) is 0 Å². The highest BCUT2D eigenvalue weighted by Crippen LogP contribution is 2.30. The second-order valence-corrected chi connectivity index (χ2v) is 4.92. The molecule has 104 valence electrons. The van der Waals surface area contributed by atoms with Gasteiger partial charge in [0.1, 0.15) is 11.5 Å². The maximum atomic E-state index is 12.2. The number of carbonyl (C=O) groups excluding carboxylic acids is 1. The Labute approximate surface area is 124 Å². The van der Waals surface area contributed by atoms with Crippen molar-refractivity contribution in [3.8, 4) is 5.75 Å². The third kappa shape index (κ3) is 3.37. The van der Waals surface area contributed by atoms with Crippen molar-refractivity contribution in [2.75, 3.05) is 7.11 Å². The SMILES string of the molecule is COCc1cc(O)c(Br)c(C(=O)/C=C/c2ccco2)c1. The van der Waals surface area contributed by atoms with Crippen LogP contribution in [0.1, 0.15) is 21.7 Å². The molecule has 0 saturated heterocycles. The van der Waals surface area contributed by atoms with Gasteiger partial charge in [0, 0.05) is 12.7 Å². The van der Waals surface area contributed by atoms with Gasteiger partial charge in [0.15, 0.2) is 5.78 Å². The standard InChI is InChI=1S/C15H13BrO4/c1-19-9-10-7-12(15(16)14(18)8-10)13(17)5-4-11-3-2-6-20-11/h2-8,18H,9H2,1H3/b5-4+. The molecular formula is C15H13BrO4. The number of allylic oxidation sites excluding steroid dienone is 1. The number of halogens is 1. The number of hydrogen-bond donors (Lipinski definition) is 1. The highest BCUT2D eigenvalue weighted by atomic mass is 79.9. The topological polar surface area (TPSA) is 59.7 Å². The van der Waals surface area contributed by atoms with Crippen LogP contribution >= 0.6 is 15.9 Å². The number of benzene rings is 1. The van der Waals surface area contributed by atoms with Gasteiger partial charge in [-0.05, 0) is 57.9 Å². The van der Waals surface area contributed by atoms with Gasteiger partial charge in [-0.1, -0.05) is 0 Å². The van der Waals surface area contributed by atoms with E-state index in [-0.39, 0.29) is 11.5 Å². The first kappa shape index (κ1) is 14.6. The fourth-order valence-electron chi connectivity index (χ4n) is 1.73. The van der Waals surface area contributed by atoms with E-state index in [1.807, 2.05) is 0 Å². The first-order valence-corrected chi connectivity index (χ1v) is 6.67. The zero-order valence-corrected chi connectivity index (χ0v) is 12.4. The fourth-order valence-corrected chi connectivity index (χ4v) is 2.15. The van der Waals surface area contributed by atoms with Gasteiger partial charge in [-0.15, -0.1) is 0 Å². The summed E-state index contributed by atoms with van der Waals surface area (Å²) in [6.07, 6.45) is 4.51. The number of carbonyl (C=O) groups is 1. The van der Waals surface area contributed by atoms with Gasteiger partial charge in [0.2, 0.25) is 0 Å². The molecule has 0 radical (unpaired) electrons. The van der Waals surface area contributed by atoms with E-state index < -0.39 is 0 Å². The van der Waals surface area contributed by atoms with E-state index in [4.69, 9.17) is 9.15 Å².